The van der Waals surface area contributed by atoms with Crippen LogP contribution in [0, 0.1) is 0 Å². The Hall–Kier alpha value is -1.07. The Morgan fingerprint density at radius 3 is 2.53 bits per heavy atom. The first kappa shape index (κ1) is 11.0. The van der Waals surface area contributed by atoms with Gasteiger partial charge in [-0.05, 0) is 18.9 Å². The zero-order valence-corrected chi connectivity index (χ0v) is 10.3. The minimum Gasteiger partial charge on any atom is -0.382 e. The van der Waals surface area contributed by atoms with E-state index in [0.29, 0.717) is 5.82 Å². The smallest absolute Gasteiger partial charge is 0.145 e. The second kappa shape index (κ2) is 4.66. The number of nitrogens with two attached hydrogens (primary N) is 1. The molecule has 5 nitrogen and oxygen atoms in total. The number of aromatic nitrogens is 2. The number of rotatable bonds is 4. The van der Waals surface area contributed by atoms with Crippen molar-refractivity contribution in [3.05, 3.63) is 12.3 Å². The fraction of sp³-hybridized carbons (Fsp3) is 0.750. The number of nitrogen functional groups attached to an aromatic ring is 1. The fourth-order valence-electron chi connectivity index (χ4n) is 2.54. The van der Waals surface area contributed by atoms with Crippen LogP contribution in [0.2, 0.25) is 0 Å². The quantitative estimate of drug-likeness (QED) is 0.812. The molecule has 94 valence electrons. The van der Waals surface area contributed by atoms with Crippen LogP contribution in [-0.4, -0.2) is 58.3 Å². The SMILES string of the molecule is Nc1ccn(CCN2CCN(C3CC3)CC2)n1. The third kappa shape index (κ3) is 2.79. The van der Waals surface area contributed by atoms with E-state index in [0.717, 1.165) is 19.1 Å². The molecule has 2 heterocycles. The molecule has 2 N–H and O–H groups in total. The molecule has 0 unspecified atom stereocenters. The van der Waals surface area contributed by atoms with Crippen LogP contribution < -0.4 is 5.73 Å². The molecule has 0 spiro atoms. The molecule has 1 aromatic rings. The Balaban J connectivity index is 1.41. The number of hydrogen-bond acceptors (Lipinski definition) is 4. The van der Waals surface area contributed by atoms with Crippen LogP contribution in [0.1, 0.15) is 12.8 Å². The summed E-state index contributed by atoms with van der Waals surface area (Å²) in [6, 6.07) is 2.77. The highest BCUT2D eigenvalue weighted by atomic mass is 15.3. The minimum atomic E-state index is 0.614. The van der Waals surface area contributed by atoms with Crippen LogP contribution in [0.3, 0.4) is 0 Å². The van der Waals surface area contributed by atoms with E-state index in [2.05, 4.69) is 14.9 Å². The number of nitrogens with zero attached hydrogens (tertiary/aromatic N) is 4. The maximum atomic E-state index is 5.59. The summed E-state index contributed by atoms with van der Waals surface area (Å²) in [7, 11) is 0. The van der Waals surface area contributed by atoms with Gasteiger partial charge in [-0.2, -0.15) is 5.10 Å². The lowest BCUT2D eigenvalue weighted by molar-refractivity contribution is 0.122. The topological polar surface area (TPSA) is 50.3 Å². The van der Waals surface area contributed by atoms with E-state index in [1.54, 1.807) is 0 Å². The summed E-state index contributed by atoms with van der Waals surface area (Å²) in [5.74, 6) is 0.614. The van der Waals surface area contributed by atoms with E-state index in [-0.39, 0.29) is 0 Å². The number of piperazine rings is 1. The van der Waals surface area contributed by atoms with Crippen molar-refractivity contribution in [2.75, 3.05) is 38.5 Å². The Morgan fingerprint density at radius 1 is 1.18 bits per heavy atom. The van der Waals surface area contributed by atoms with Gasteiger partial charge in [-0.1, -0.05) is 0 Å². The predicted molar refractivity (Wildman–Crippen MR) is 67.7 cm³/mol. The summed E-state index contributed by atoms with van der Waals surface area (Å²) in [5, 5.41) is 4.21. The fourth-order valence-corrected chi connectivity index (χ4v) is 2.54. The average molecular weight is 235 g/mol. The van der Waals surface area contributed by atoms with E-state index in [1.165, 1.54) is 39.0 Å². The first-order valence-electron chi connectivity index (χ1n) is 6.56. The van der Waals surface area contributed by atoms with Gasteiger partial charge in [0.15, 0.2) is 0 Å². The van der Waals surface area contributed by atoms with Gasteiger partial charge in [0.1, 0.15) is 5.82 Å². The first-order chi connectivity index (χ1) is 8.31. The molecule has 0 aromatic carbocycles. The van der Waals surface area contributed by atoms with Crippen molar-refractivity contribution in [1.29, 1.82) is 0 Å². The largest absolute Gasteiger partial charge is 0.382 e. The first-order valence-corrected chi connectivity index (χ1v) is 6.56. The summed E-state index contributed by atoms with van der Waals surface area (Å²) < 4.78 is 1.93. The molecule has 0 atom stereocenters. The van der Waals surface area contributed by atoms with Gasteiger partial charge < -0.3 is 5.73 Å². The molecule has 1 aliphatic heterocycles. The van der Waals surface area contributed by atoms with E-state index < -0.39 is 0 Å². The van der Waals surface area contributed by atoms with Gasteiger partial charge in [-0.15, -0.1) is 0 Å². The van der Waals surface area contributed by atoms with Crippen molar-refractivity contribution in [2.24, 2.45) is 0 Å². The average Bonchev–Trinajstić information content (AvgIpc) is 3.11. The van der Waals surface area contributed by atoms with Crippen molar-refractivity contribution < 1.29 is 0 Å². The van der Waals surface area contributed by atoms with Crippen molar-refractivity contribution >= 4 is 5.82 Å². The molecule has 2 fully saturated rings. The Bertz CT molecular complexity index is 363. The van der Waals surface area contributed by atoms with Crippen LogP contribution in [0.4, 0.5) is 5.82 Å². The van der Waals surface area contributed by atoms with Crippen LogP contribution in [0.25, 0.3) is 0 Å². The summed E-state index contributed by atoms with van der Waals surface area (Å²) >= 11 is 0. The van der Waals surface area contributed by atoms with E-state index in [4.69, 9.17) is 5.73 Å². The Kier molecular flexibility index (Phi) is 3.03. The molecule has 2 aliphatic rings. The Morgan fingerprint density at radius 2 is 1.94 bits per heavy atom. The summed E-state index contributed by atoms with van der Waals surface area (Å²) in [5.41, 5.74) is 5.59. The molecule has 0 bridgehead atoms. The number of anilines is 1. The zero-order valence-electron chi connectivity index (χ0n) is 10.3. The maximum absolute atomic E-state index is 5.59. The highest BCUT2D eigenvalue weighted by Gasteiger charge is 2.30. The van der Waals surface area contributed by atoms with Crippen LogP contribution in [0.15, 0.2) is 12.3 Å². The lowest BCUT2D eigenvalue weighted by Gasteiger charge is -2.34. The summed E-state index contributed by atoms with van der Waals surface area (Å²) in [6.07, 6.45) is 4.80. The molecule has 17 heavy (non-hydrogen) atoms. The molecule has 1 aromatic heterocycles. The standard InChI is InChI=1S/C12H21N5/c13-12-3-4-17(14-12)10-7-15-5-8-16(9-6-15)11-1-2-11/h3-4,11H,1-2,5-10H2,(H2,13,14). The van der Waals surface area contributed by atoms with Gasteiger partial charge in [-0.3, -0.25) is 14.5 Å². The van der Waals surface area contributed by atoms with E-state index >= 15 is 0 Å². The summed E-state index contributed by atoms with van der Waals surface area (Å²) in [4.78, 5) is 5.17. The van der Waals surface area contributed by atoms with Crippen molar-refractivity contribution in [3.8, 4) is 0 Å². The van der Waals surface area contributed by atoms with Gasteiger partial charge >= 0.3 is 0 Å². The predicted octanol–water partition coefficient (Wildman–Crippen LogP) is 0.245. The van der Waals surface area contributed by atoms with Crippen LogP contribution >= 0.6 is 0 Å². The van der Waals surface area contributed by atoms with Gasteiger partial charge in [0.25, 0.3) is 0 Å². The van der Waals surface area contributed by atoms with Gasteiger partial charge in [-0.25, -0.2) is 0 Å². The lowest BCUT2D eigenvalue weighted by Crippen LogP contribution is -2.47. The Labute approximate surface area is 102 Å². The lowest BCUT2D eigenvalue weighted by atomic mass is 10.3. The summed E-state index contributed by atoms with van der Waals surface area (Å²) in [6.45, 7) is 6.92. The zero-order chi connectivity index (χ0) is 11.7. The highest BCUT2D eigenvalue weighted by molar-refractivity contribution is 5.23. The molecule has 1 aliphatic carbocycles. The normalized spacial score (nSPS) is 23.1. The second-order valence-corrected chi connectivity index (χ2v) is 5.11. The molecule has 1 saturated heterocycles. The minimum absolute atomic E-state index is 0.614. The molecule has 1 saturated carbocycles. The van der Waals surface area contributed by atoms with Crippen molar-refractivity contribution in [2.45, 2.75) is 25.4 Å². The third-order valence-electron chi connectivity index (χ3n) is 3.78. The third-order valence-corrected chi connectivity index (χ3v) is 3.78. The monoisotopic (exact) mass is 235 g/mol. The van der Waals surface area contributed by atoms with Gasteiger partial charge in [0.05, 0.1) is 6.54 Å². The number of hydrogen-bond donors (Lipinski definition) is 1. The van der Waals surface area contributed by atoms with Gasteiger partial charge in [0.2, 0.25) is 0 Å². The molecule has 5 heteroatoms. The second-order valence-electron chi connectivity index (χ2n) is 5.11. The maximum Gasteiger partial charge on any atom is 0.145 e. The molecule has 0 amide bonds. The van der Waals surface area contributed by atoms with Crippen molar-refractivity contribution in [1.82, 2.24) is 19.6 Å². The molecular weight excluding hydrogens is 214 g/mol. The molecule has 3 rings (SSSR count). The van der Waals surface area contributed by atoms with Gasteiger partial charge in [0, 0.05) is 45.0 Å². The van der Waals surface area contributed by atoms with E-state index in [9.17, 15) is 0 Å². The highest BCUT2D eigenvalue weighted by Crippen LogP contribution is 2.27. The molecule has 0 radical (unpaired) electrons. The van der Waals surface area contributed by atoms with Crippen LogP contribution in [0.5, 0.6) is 0 Å². The molecular formula is C12H21N5. The van der Waals surface area contributed by atoms with E-state index in [1.807, 2.05) is 16.9 Å². The van der Waals surface area contributed by atoms with Crippen molar-refractivity contribution in [3.63, 3.8) is 0 Å². The van der Waals surface area contributed by atoms with Crippen LogP contribution in [-0.2, 0) is 6.54 Å².